The predicted molar refractivity (Wildman–Crippen MR) is 135 cm³/mol. The van der Waals surface area contributed by atoms with E-state index in [1.807, 2.05) is 36.4 Å². The fourth-order valence-corrected chi connectivity index (χ4v) is 3.65. The van der Waals surface area contributed by atoms with E-state index < -0.39 is 8.53 Å². The first-order valence-corrected chi connectivity index (χ1v) is 11.5. The molecule has 2 aliphatic heterocycles. The fraction of sp³-hybridized carbons (Fsp3) is 0. The van der Waals surface area contributed by atoms with Crippen molar-refractivity contribution >= 4 is 65.9 Å². The van der Waals surface area contributed by atoms with Crippen molar-refractivity contribution in [3.05, 3.63) is 83.4 Å². The molecule has 0 saturated heterocycles. The number of aromatic nitrogens is 5. The van der Waals surface area contributed by atoms with Gasteiger partial charge in [-0.3, -0.25) is 5.50 Å². The van der Waals surface area contributed by atoms with Crippen LogP contribution in [0.2, 0.25) is 0 Å². The molecule has 0 unspecified atom stereocenters. The lowest BCUT2D eigenvalue weighted by Crippen LogP contribution is -1.81. The third-order valence-electron chi connectivity index (χ3n) is 5.01. The van der Waals surface area contributed by atoms with Crippen LogP contribution in [0.3, 0.4) is 0 Å². The Kier molecular flexibility index (Phi) is 5.73. The van der Waals surface area contributed by atoms with E-state index in [-0.39, 0.29) is 0 Å². The van der Waals surface area contributed by atoms with Crippen LogP contribution in [0.5, 0.6) is 0 Å². The summed E-state index contributed by atoms with van der Waals surface area (Å²) in [5.41, 5.74) is 14.1. The SMILES string of the molecule is C1=Cc2nc1cc1ccc(cc3ccc(cc4ccc(cc5nc2C=C5)[nH]4)[nH]3)[nH]1.NP(O)O. The summed E-state index contributed by atoms with van der Waals surface area (Å²) in [4.78, 5) is 34.6. The molecule has 7 N–H and O–H groups in total. The minimum absolute atomic E-state index is 0.881. The van der Waals surface area contributed by atoms with Crippen LogP contribution in [-0.2, 0) is 0 Å². The minimum Gasteiger partial charge on any atom is -0.355 e. The van der Waals surface area contributed by atoms with Gasteiger partial charge in [0.1, 0.15) is 0 Å². The van der Waals surface area contributed by atoms with Crippen molar-refractivity contribution in [2.45, 2.75) is 0 Å². The van der Waals surface area contributed by atoms with Crippen molar-refractivity contribution in [3.63, 3.8) is 0 Å². The Morgan fingerprint density at radius 1 is 0.545 bits per heavy atom. The molecule has 8 nitrogen and oxygen atoms in total. The molecule has 4 aromatic rings. The smallest absolute Gasteiger partial charge is 0.247 e. The zero-order chi connectivity index (χ0) is 22.8. The molecule has 0 spiro atoms. The molecule has 2 aliphatic rings. The van der Waals surface area contributed by atoms with Gasteiger partial charge in [-0.15, -0.1) is 0 Å². The summed E-state index contributed by atoms with van der Waals surface area (Å²) in [5.74, 6) is 0. The van der Waals surface area contributed by atoms with Crippen LogP contribution in [0.15, 0.2) is 60.7 Å². The molecule has 33 heavy (non-hydrogen) atoms. The van der Waals surface area contributed by atoms with Gasteiger partial charge >= 0.3 is 0 Å². The van der Waals surface area contributed by atoms with Gasteiger partial charge in [0.25, 0.3) is 0 Å². The lowest BCUT2D eigenvalue weighted by atomic mass is 10.3. The van der Waals surface area contributed by atoms with Crippen LogP contribution < -0.4 is 5.50 Å². The highest BCUT2D eigenvalue weighted by Crippen LogP contribution is 2.20. The van der Waals surface area contributed by atoms with E-state index in [2.05, 4.69) is 69.0 Å². The monoisotopic (exact) mass is 456 g/mol. The molecule has 4 aromatic heterocycles. The Morgan fingerprint density at radius 3 is 1.18 bits per heavy atom. The highest BCUT2D eigenvalue weighted by molar-refractivity contribution is 7.42. The fourth-order valence-electron chi connectivity index (χ4n) is 3.65. The number of aromatic amines is 3. The number of hydrogen-bond donors (Lipinski definition) is 6. The first-order chi connectivity index (χ1) is 16.0. The third-order valence-corrected chi connectivity index (χ3v) is 5.01. The molecule has 164 valence electrons. The van der Waals surface area contributed by atoms with Gasteiger partial charge < -0.3 is 24.7 Å². The van der Waals surface area contributed by atoms with Crippen molar-refractivity contribution in [1.29, 1.82) is 0 Å². The van der Waals surface area contributed by atoms with E-state index in [0.717, 1.165) is 55.9 Å². The minimum atomic E-state index is -2.12. The number of H-pyrrole nitrogens is 3. The lowest BCUT2D eigenvalue weighted by Gasteiger charge is -1.87. The van der Waals surface area contributed by atoms with E-state index in [9.17, 15) is 0 Å². The van der Waals surface area contributed by atoms with E-state index in [1.54, 1.807) is 0 Å². The van der Waals surface area contributed by atoms with Crippen LogP contribution in [0, 0.1) is 0 Å². The van der Waals surface area contributed by atoms with Crippen molar-refractivity contribution in [2.24, 2.45) is 5.50 Å². The van der Waals surface area contributed by atoms with E-state index in [4.69, 9.17) is 19.8 Å². The second-order valence-corrected chi connectivity index (χ2v) is 8.16. The summed E-state index contributed by atoms with van der Waals surface area (Å²) < 4.78 is 0. The molecule has 0 fully saturated rings. The number of rotatable bonds is 0. The van der Waals surface area contributed by atoms with Crippen LogP contribution in [-0.4, -0.2) is 34.7 Å². The first-order valence-electron chi connectivity index (χ1n) is 10.2. The van der Waals surface area contributed by atoms with Crippen LogP contribution in [0.25, 0.3) is 57.4 Å². The molecule has 6 heterocycles. The third kappa shape index (κ3) is 5.16. The molecule has 9 heteroatoms. The van der Waals surface area contributed by atoms with Gasteiger partial charge in [0.05, 0.1) is 22.8 Å². The van der Waals surface area contributed by atoms with Gasteiger partial charge in [-0.05, 0) is 85.0 Å². The zero-order valence-corrected chi connectivity index (χ0v) is 18.3. The summed E-state index contributed by atoms with van der Waals surface area (Å²) in [7, 11) is -2.12. The normalized spacial score (nSPS) is 12.1. The largest absolute Gasteiger partial charge is 0.355 e. The van der Waals surface area contributed by atoms with Crippen molar-refractivity contribution in [1.82, 2.24) is 24.9 Å². The second kappa shape index (κ2) is 8.97. The van der Waals surface area contributed by atoms with Crippen molar-refractivity contribution in [3.8, 4) is 0 Å². The Bertz CT molecular complexity index is 1460. The Morgan fingerprint density at radius 2 is 0.848 bits per heavy atom. The molecule has 0 atom stereocenters. The van der Waals surface area contributed by atoms with Gasteiger partial charge in [-0.2, -0.15) is 0 Å². The van der Waals surface area contributed by atoms with Crippen molar-refractivity contribution < 1.29 is 9.79 Å². The van der Waals surface area contributed by atoms with Gasteiger partial charge in [-0.25, -0.2) is 9.97 Å². The topological polar surface area (TPSA) is 140 Å². The zero-order valence-electron chi connectivity index (χ0n) is 17.4. The molecule has 10 bridgehead atoms. The maximum atomic E-state index is 7.45. The maximum Gasteiger partial charge on any atom is 0.247 e. The number of fused-ring (bicyclic) bond motifs is 11. The molecular formula is C24H21N6O2P. The van der Waals surface area contributed by atoms with Gasteiger partial charge in [0.15, 0.2) is 0 Å². The molecule has 0 radical (unpaired) electrons. The van der Waals surface area contributed by atoms with E-state index in [0.29, 0.717) is 0 Å². The Hall–Kier alpha value is -3.81. The van der Waals surface area contributed by atoms with E-state index in [1.165, 1.54) is 0 Å². The summed E-state index contributed by atoms with van der Waals surface area (Å²) in [6, 6.07) is 20.7. The predicted octanol–water partition coefficient (Wildman–Crippen LogP) is 4.86. The summed E-state index contributed by atoms with van der Waals surface area (Å²) >= 11 is 0. The molecular weight excluding hydrogens is 435 g/mol. The summed E-state index contributed by atoms with van der Waals surface area (Å²) in [5, 5.41) is 0. The van der Waals surface area contributed by atoms with Gasteiger partial charge in [0.2, 0.25) is 8.53 Å². The first kappa shape index (κ1) is 21.1. The lowest BCUT2D eigenvalue weighted by molar-refractivity contribution is 0.485. The summed E-state index contributed by atoms with van der Waals surface area (Å²) in [6.45, 7) is 0. The number of nitrogens with one attached hydrogen (secondary N) is 3. The summed E-state index contributed by atoms with van der Waals surface area (Å²) in [6.07, 6.45) is 8.05. The molecule has 0 saturated carbocycles. The Labute approximate surface area is 189 Å². The number of hydrogen-bond acceptors (Lipinski definition) is 5. The van der Waals surface area contributed by atoms with Crippen LogP contribution in [0.4, 0.5) is 0 Å². The Balaban J connectivity index is 0.000000531. The second-order valence-electron chi connectivity index (χ2n) is 7.52. The maximum absolute atomic E-state index is 7.45. The van der Waals surface area contributed by atoms with E-state index >= 15 is 0 Å². The van der Waals surface area contributed by atoms with Crippen molar-refractivity contribution in [2.75, 3.05) is 0 Å². The molecule has 6 rings (SSSR count). The van der Waals surface area contributed by atoms with Crippen LogP contribution in [0.1, 0.15) is 22.8 Å². The average Bonchev–Trinajstić information content (AvgIpc) is 3.56. The number of nitrogens with zero attached hydrogens (tertiary/aromatic N) is 2. The highest BCUT2D eigenvalue weighted by Gasteiger charge is 2.07. The number of nitrogens with two attached hydrogens (primary N) is 1. The standard InChI is InChI=1S/C24H17N5.H4NO2P/c1-2-16-12-18-4-6-20(27-18)14-22-8-10-24(29-22)23-9-7-21(28-23)13-19-5-3-17(26-19)11-15(1)25-16;1-4(2)3/h1-14,25-27H;2-3H,1H2. The quantitative estimate of drug-likeness (QED) is 0.181. The molecule has 0 aromatic carbocycles. The molecule has 0 amide bonds. The van der Waals surface area contributed by atoms with Gasteiger partial charge in [-0.1, -0.05) is 0 Å². The van der Waals surface area contributed by atoms with Crippen LogP contribution >= 0.6 is 8.53 Å². The average molecular weight is 456 g/mol. The van der Waals surface area contributed by atoms with Gasteiger partial charge in [0, 0.05) is 33.1 Å². The highest BCUT2D eigenvalue weighted by atomic mass is 31.2. The molecule has 0 aliphatic carbocycles.